The van der Waals surface area contributed by atoms with Crippen molar-refractivity contribution in [1.82, 2.24) is 13.9 Å². The highest BCUT2D eigenvalue weighted by atomic mass is 32.2. The van der Waals surface area contributed by atoms with Crippen LogP contribution in [0, 0.1) is 27.7 Å². The summed E-state index contributed by atoms with van der Waals surface area (Å²) in [5.41, 5.74) is 3.74. The minimum Gasteiger partial charge on any atom is -0.497 e. The van der Waals surface area contributed by atoms with Gasteiger partial charge in [-0.15, -0.1) is 0 Å². The second-order valence-corrected chi connectivity index (χ2v) is 16.6. The van der Waals surface area contributed by atoms with Crippen LogP contribution in [0.25, 0.3) is 11.0 Å². The van der Waals surface area contributed by atoms with E-state index in [9.17, 15) is 21.6 Å². The molecule has 0 aliphatic rings. The van der Waals surface area contributed by atoms with Crippen LogP contribution in [0.3, 0.4) is 0 Å². The third-order valence-electron chi connectivity index (χ3n) is 8.06. The van der Waals surface area contributed by atoms with Crippen molar-refractivity contribution in [2.75, 3.05) is 40.3 Å². The number of imidazole rings is 1. The quantitative estimate of drug-likeness (QED) is 0.0955. The number of ether oxygens (including phenoxy) is 5. The average molecular weight is 770 g/mol. The molecule has 2 aromatic heterocycles. The molecule has 0 spiro atoms. The van der Waals surface area contributed by atoms with Gasteiger partial charge in [0.25, 0.3) is 10.0 Å². The number of aromatic nitrogens is 3. The molecule has 5 aromatic rings. The highest BCUT2D eigenvalue weighted by Gasteiger charge is 2.29. The maximum Gasteiger partial charge on any atom is 0.344 e. The Bertz CT molecular complexity index is 2320. The van der Waals surface area contributed by atoms with Crippen LogP contribution in [0.4, 0.5) is 0 Å². The Morgan fingerprint density at radius 1 is 0.808 bits per heavy atom. The van der Waals surface area contributed by atoms with E-state index in [1.807, 2.05) is 13.8 Å². The first-order valence-electron chi connectivity index (χ1n) is 15.9. The van der Waals surface area contributed by atoms with E-state index in [1.165, 1.54) is 61.3 Å². The number of nitrogens with zero attached hydrogens (tertiary/aromatic N) is 3. The Morgan fingerprint density at radius 3 is 2.12 bits per heavy atom. The zero-order valence-corrected chi connectivity index (χ0v) is 32.2. The van der Waals surface area contributed by atoms with Gasteiger partial charge < -0.3 is 23.7 Å². The van der Waals surface area contributed by atoms with Gasteiger partial charge in [0.15, 0.2) is 33.1 Å². The van der Waals surface area contributed by atoms with Crippen molar-refractivity contribution in [3.8, 4) is 23.0 Å². The van der Waals surface area contributed by atoms with Crippen molar-refractivity contribution in [3.05, 3.63) is 88.7 Å². The molecule has 0 N–H and O–H groups in total. The van der Waals surface area contributed by atoms with Crippen molar-refractivity contribution in [2.45, 2.75) is 48.4 Å². The molecule has 0 aliphatic heterocycles. The van der Waals surface area contributed by atoms with Crippen LogP contribution in [0.5, 0.6) is 23.0 Å². The first-order chi connectivity index (χ1) is 24.7. The van der Waals surface area contributed by atoms with E-state index in [2.05, 4.69) is 9.97 Å². The van der Waals surface area contributed by atoms with Crippen LogP contribution < -0.4 is 18.9 Å². The average Bonchev–Trinajstić information content (AvgIpc) is 3.48. The fourth-order valence-corrected chi connectivity index (χ4v) is 9.74. The number of pyridine rings is 1. The second kappa shape index (κ2) is 15.8. The molecule has 3 aromatic carbocycles. The summed E-state index contributed by atoms with van der Waals surface area (Å²) < 4.78 is 82.7. The normalized spacial score (nSPS) is 11.8. The monoisotopic (exact) mass is 769 g/mol. The molecule has 0 radical (unpaired) electrons. The minimum absolute atomic E-state index is 0.0356. The van der Waals surface area contributed by atoms with Crippen LogP contribution in [-0.4, -0.2) is 77.0 Å². The number of carbonyl (C=O) groups excluding carboxylic acids is 1. The molecule has 0 saturated carbocycles. The van der Waals surface area contributed by atoms with E-state index in [-0.39, 0.29) is 38.8 Å². The van der Waals surface area contributed by atoms with Crippen LogP contribution >= 0.6 is 11.8 Å². The number of sulfone groups is 1. The first-order valence-corrected chi connectivity index (χ1v) is 20.0. The van der Waals surface area contributed by atoms with Crippen LogP contribution in [0.1, 0.15) is 27.9 Å². The smallest absolute Gasteiger partial charge is 0.344 e. The fraction of sp³-hybridized carbons (Fsp3) is 0.306. The van der Waals surface area contributed by atoms with Gasteiger partial charge in [-0.2, -0.15) is 0 Å². The predicted octanol–water partition coefficient (Wildman–Crippen LogP) is 5.62. The van der Waals surface area contributed by atoms with E-state index < -0.39 is 32.4 Å². The number of fused-ring (bicyclic) bond motifs is 1. The topological polar surface area (TPSA) is 162 Å². The molecule has 0 saturated heterocycles. The fourth-order valence-electron chi connectivity index (χ4n) is 5.57. The van der Waals surface area contributed by atoms with Crippen molar-refractivity contribution in [2.24, 2.45) is 0 Å². The molecule has 0 atom stereocenters. The molecule has 0 unspecified atom stereocenters. The second-order valence-electron chi connectivity index (χ2n) is 11.8. The number of aryl methyl sites for hydroxylation is 4. The Kier molecular flexibility index (Phi) is 11.7. The Hall–Kier alpha value is -4.80. The number of hydrogen-bond acceptors (Lipinski definition) is 13. The van der Waals surface area contributed by atoms with Gasteiger partial charge in [0, 0.05) is 23.6 Å². The van der Waals surface area contributed by atoms with Crippen molar-refractivity contribution >= 4 is 48.6 Å². The molecule has 0 aliphatic carbocycles. The van der Waals surface area contributed by atoms with Gasteiger partial charge in [-0.25, -0.2) is 30.6 Å². The van der Waals surface area contributed by atoms with Gasteiger partial charge in [-0.1, -0.05) is 29.5 Å². The van der Waals surface area contributed by atoms with E-state index in [0.29, 0.717) is 45.1 Å². The third kappa shape index (κ3) is 8.13. The van der Waals surface area contributed by atoms with E-state index in [0.717, 1.165) is 11.1 Å². The van der Waals surface area contributed by atoms with Crippen LogP contribution in [0.2, 0.25) is 0 Å². The molecule has 0 fully saturated rings. The van der Waals surface area contributed by atoms with Crippen molar-refractivity contribution in [1.29, 1.82) is 0 Å². The van der Waals surface area contributed by atoms with Gasteiger partial charge in [0.05, 0.1) is 53.6 Å². The standard InChI is InChI=1S/C36H39N3O10S3/c1-22-8-11-28(12-9-22)51(41,42)15-14-48-32(40)20-49-27-16-23(2)35(24(3)17-27)52(43,44)39-31-13-10-26(45-5)18-29(31)38-36(39)50-21-30-34(47-7)33(46-6)25(4)19-37-30/h8-13,16-19H,14-15,20-21H2,1-7H3. The summed E-state index contributed by atoms with van der Waals surface area (Å²) in [7, 11) is -3.33. The lowest BCUT2D eigenvalue weighted by Crippen LogP contribution is -2.20. The molecule has 0 amide bonds. The highest BCUT2D eigenvalue weighted by Crippen LogP contribution is 2.38. The van der Waals surface area contributed by atoms with Gasteiger partial charge in [-0.05, 0) is 75.2 Å². The lowest BCUT2D eigenvalue weighted by molar-refractivity contribution is -0.145. The summed E-state index contributed by atoms with van der Waals surface area (Å²) in [5.74, 6) is 0.788. The number of methoxy groups -OCH3 is 3. The van der Waals surface area contributed by atoms with Gasteiger partial charge in [0.2, 0.25) is 0 Å². The lowest BCUT2D eigenvalue weighted by atomic mass is 10.1. The SMILES string of the molecule is COc1ccc2c(c1)nc(SCc1ncc(C)c(OC)c1OC)n2S(=O)(=O)c1c(C)cc(OCC(=O)OCCS(=O)(=O)c2ccc(C)cc2)cc1C. The molecular formula is C36H39N3O10S3. The zero-order chi connectivity index (χ0) is 37.8. The van der Waals surface area contributed by atoms with Crippen molar-refractivity contribution < 1.29 is 45.3 Å². The largest absolute Gasteiger partial charge is 0.497 e. The number of rotatable bonds is 15. The lowest BCUT2D eigenvalue weighted by Gasteiger charge is -2.17. The Labute approximate surface area is 307 Å². The number of thioether (sulfide) groups is 1. The maximum absolute atomic E-state index is 14.6. The van der Waals surface area contributed by atoms with Gasteiger partial charge in [0.1, 0.15) is 18.1 Å². The van der Waals surface area contributed by atoms with E-state index in [1.54, 1.807) is 50.4 Å². The van der Waals surface area contributed by atoms with Crippen LogP contribution in [0.15, 0.2) is 75.7 Å². The van der Waals surface area contributed by atoms with Gasteiger partial charge >= 0.3 is 5.97 Å². The molecule has 0 bridgehead atoms. The Balaban J connectivity index is 1.37. The van der Waals surface area contributed by atoms with E-state index >= 15 is 0 Å². The zero-order valence-electron chi connectivity index (χ0n) is 29.8. The van der Waals surface area contributed by atoms with Crippen LogP contribution in [-0.2, 0) is 35.1 Å². The molecular weight excluding hydrogens is 731 g/mol. The number of esters is 1. The molecule has 52 heavy (non-hydrogen) atoms. The summed E-state index contributed by atoms with van der Waals surface area (Å²) in [6.07, 6.45) is 1.66. The highest BCUT2D eigenvalue weighted by molar-refractivity contribution is 7.99. The third-order valence-corrected chi connectivity index (χ3v) is 12.8. The van der Waals surface area contributed by atoms with E-state index in [4.69, 9.17) is 23.7 Å². The predicted molar refractivity (Wildman–Crippen MR) is 196 cm³/mol. The summed E-state index contributed by atoms with van der Waals surface area (Å²) in [6, 6.07) is 14.4. The first kappa shape index (κ1) is 38.4. The Morgan fingerprint density at radius 2 is 1.48 bits per heavy atom. The molecule has 5 rings (SSSR count). The number of hydrogen-bond donors (Lipinski definition) is 0. The summed E-state index contributed by atoms with van der Waals surface area (Å²) in [5, 5.41) is 0.193. The minimum atomic E-state index is -4.26. The summed E-state index contributed by atoms with van der Waals surface area (Å²) >= 11 is 1.17. The molecule has 2 heterocycles. The number of carbonyl (C=O) groups is 1. The van der Waals surface area contributed by atoms with Gasteiger partial charge in [-0.3, -0.25) is 4.98 Å². The summed E-state index contributed by atoms with van der Waals surface area (Å²) in [6.45, 7) is 6.10. The maximum atomic E-state index is 14.6. The molecule has 276 valence electrons. The number of benzene rings is 3. The summed E-state index contributed by atoms with van der Waals surface area (Å²) in [4.78, 5) is 21.8. The molecule has 16 heteroatoms. The molecule has 13 nitrogen and oxygen atoms in total. The van der Waals surface area contributed by atoms with Crippen molar-refractivity contribution in [3.63, 3.8) is 0 Å².